The van der Waals surface area contributed by atoms with Gasteiger partial charge in [-0.25, -0.2) is 0 Å². The first-order valence-electron chi connectivity index (χ1n) is 14.6. The molecule has 0 aromatic heterocycles. The van der Waals surface area contributed by atoms with Crippen LogP contribution in [0.25, 0.3) is 0 Å². The Labute approximate surface area is 240 Å². The molecule has 6 heteroatoms. The van der Waals surface area contributed by atoms with Crippen LogP contribution >= 0.6 is 0 Å². The first-order chi connectivity index (χ1) is 16.9. The van der Waals surface area contributed by atoms with Gasteiger partial charge in [0.2, 0.25) is 0 Å². The summed E-state index contributed by atoms with van der Waals surface area (Å²) in [6.45, 7) is 17.4. The first-order valence-corrected chi connectivity index (χ1v) is 14.6. The molecule has 0 amide bonds. The van der Waals surface area contributed by atoms with Gasteiger partial charge in [0.15, 0.2) is 23.1 Å². The molecule has 0 bridgehead atoms. The third kappa shape index (κ3) is 3.78. The Morgan fingerprint density at radius 3 is 2.16 bits per heavy atom. The summed E-state index contributed by atoms with van der Waals surface area (Å²) < 4.78 is 5.82. The van der Waals surface area contributed by atoms with Crippen LogP contribution in [0.2, 0.25) is 0 Å². The van der Waals surface area contributed by atoms with Crippen LogP contribution in [0.4, 0.5) is 0 Å². The smallest absolute Gasteiger partial charge is 0.309 e. The van der Waals surface area contributed by atoms with Crippen LogP contribution in [0.15, 0.2) is 11.6 Å². The maximum atomic E-state index is 14.4. The van der Waals surface area contributed by atoms with Crippen LogP contribution in [-0.2, 0) is 19.1 Å². The highest BCUT2D eigenvalue weighted by molar-refractivity contribution is 5.95. The molecule has 5 nitrogen and oxygen atoms in total. The average Bonchev–Trinajstić information content (AvgIpc) is 2.78. The van der Waals surface area contributed by atoms with Crippen molar-refractivity contribution in [3.63, 3.8) is 0 Å². The van der Waals surface area contributed by atoms with Crippen molar-refractivity contribution in [2.75, 3.05) is 0 Å². The van der Waals surface area contributed by atoms with Crippen LogP contribution in [-0.4, -0.2) is 46.3 Å². The monoisotopic (exact) mass is 542 g/mol. The summed E-state index contributed by atoms with van der Waals surface area (Å²) in [4.78, 5) is 38.5. The minimum Gasteiger partial charge on any atom is -0.481 e. The number of allylic oxidation sites excluding steroid dienone is 2. The van der Waals surface area contributed by atoms with Crippen molar-refractivity contribution in [3.8, 4) is 0 Å². The molecule has 0 aromatic carbocycles. The standard InChI is InChI=1S/C32H48O5.Al.3H/c1-19(33)37-24-10-11-30(6)23(27(24,2)3)9-12-32(8)25(30)22(34)17-20-21-18-29(5,26(35)36)14-13-28(21,4)15-16-31(20,32)7;;;;/h17,21,23-25H,9-16,18H2,1-8H3,(H,35,36);;;;/t21-,23-,24-,25+,28+,29-,30-,31+,32+;;;;/m0..../s1. The largest absolute Gasteiger partial charge is 0.481 e. The van der Waals surface area contributed by atoms with Gasteiger partial charge in [0.05, 0.1) is 5.41 Å². The first kappa shape index (κ1) is 29.9. The zero-order chi connectivity index (χ0) is 27.4. The van der Waals surface area contributed by atoms with E-state index in [0.29, 0.717) is 18.8 Å². The maximum absolute atomic E-state index is 14.4. The van der Waals surface area contributed by atoms with Crippen molar-refractivity contribution in [2.45, 2.75) is 119 Å². The van der Waals surface area contributed by atoms with E-state index in [2.05, 4.69) is 41.5 Å². The van der Waals surface area contributed by atoms with Crippen molar-refractivity contribution in [1.82, 2.24) is 0 Å². The third-order valence-electron chi connectivity index (χ3n) is 13.3. The van der Waals surface area contributed by atoms with E-state index in [0.717, 1.165) is 44.9 Å². The Balaban J connectivity index is 0.00000336. The van der Waals surface area contributed by atoms with Gasteiger partial charge in [-0.3, -0.25) is 14.4 Å². The molecule has 0 spiro atoms. The van der Waals surface area contributed by atoms with E-state index in [4.69, 9.17) is 4.74 Å². The number of hydrogen-bond donors (Lipinski definition) is 1. The average molecular weight is 543 g/mol. The van der Waals surface area contributed by atoms with Gasteiger partial charge >= 0.3 is 11.9 Å². The second-order valence-corrected chi connectivity index (χ2v) is 15.5. The van der Waals surface area contributed by atoms with E-state index < -0.39 is 11.4 Å². The molecule has 212 valence electrons. The van der Waals surface area contributed by atoms with Crippen LogP contribution in [0.5, 0.6) is 0 Å². The molecule has 5 rings (SSSR count). The molecule has 0 aromatic rings. The summed E-state index contributed by atoms with van der Waals surface area (Å²) in [5.74, 6) is -0.280. The Hall–Kier alpha value is -1.12. The number of hydrogen-bond acceptors (Lipinski definition) is 4. The van der Waals surface area contributed by atoms with Gasteiger partial charge in [0.25, 0.3) is 0 Å². The Bertz CT molecular complexity index is 1080. The number of aliphatic carboxylic acids is 1. The molecular weight excluding hydrogens is 491 g/mol. The molecule has 0 saturated heterocycles. The Morgan fingerprint density at radius 1 is 0.921 bits per heavy atom. The Kier molecular flexibility index (Phi) is 7.02. The zero-order valence-electron chi connectivity index (χ0n) is 24.3. The highest BCUT2D eigenvalue weighted by atomic mass is 27.0. The van der Waals surface area contributed by atoms with E-state index in [9.17, 15) is 19.5 Å². The van der Waals surface area contributed by atoms with Gasteiger partial charge in [0, 0.05) is 18.3 Å². The van der Waals surface area contributed by atoms with Gasteiger partial charge in [-0.15, -0.1) is 0 Å². The normalized spacial score (nSPS) is 49.2. The number of rotatable bonds is 2. The molecule has 0 radical (unpaired) electrons. The van der Waals surface area contributed by atoms with E-state index in [1.807, 2.05) is 13.0 Å². The molecule has 4 fully saturated rings. The van der Waals surface area contributed by atoms with Gasteiger partial charge in [-0.1, -0.05) is 47.1 Å². The third-order valence-corrected chi connectivity index (χ3v) is 13.3. The highest BCUT2D eigenvalue weighted by Gasteiger charge is 2.70. The summed E-state index contributed by atoms with van der Waals surface area (Å²) in [6, 6.07) is 0. The van der Waals surface area contributed by atoms with E-state index in [-0.39, 0.29) is 74.1 Å². The number of ketones is 1. The fourth-order valence-electron chi connectivity index (χ4n) is 10.8. The number of esters is 1. The van der Waals surface area contributed by atoms with Crippen molar-refractivity contribution in [2.24, 2.45) is 50.2 Å². The lowest BCUT2D eigenvalue weighted by Crippen LogP contribution is -2.66. The van der Waals surface area contributed by atoms with Gasteiger partial charge in [-0.05, 0) is 104 Å². The van der Waals surface area contributed by atoms with Crippen molar-refractivity contribution < 1.29 is 24.2 Å². The lowest BCUT2D eigenvalue weighted by molar-refractivity contribution is -0.210. The fraction of sp³-hybridized carbons (Fsp3) is 0.844. The predicted octanol–water partition coefficient (Wildman–Crippen LogP) is 5.80. The number of carboxylic acid groups (broad SMARTS) is 1. The Morgan fingerprint density at radius 2 is 1.55 bits per heavy atom. The summed E-state index contributed by atoms with van der Waals surface area (Å²) in [5, 5.41) is 10.1. The van der Waals surface area contributed by atoms with Gasteiger partial charge < -0.3 is 9.84 Å². The number of carboxylic acids is 1. The van der Waals surface area contributed by atoms with Crippen LogP contribution in [0.3, 0.4) is 0 Å². The molecule has 0 heterocycles. The second-order valence-electron chi connectivity index (χ2n) is 15.5. The minimum absolute atomic E-state index is 0. The number of carbonyl (C=O) groups excluding carboxylic acids is 2. The molecule has 0 unspecified atom stereocenters. The number of fused-ring (bicyclic) bond motifs is 7. The van der Waals surface area contributed by atoms with Crippen molar-refractivity contribution in [1.29, 1.82) is 0 Å². The number of ether oxygens (including phenoxy) is 1. The molecule has 1 N–H and O–H groups in total. The number of carbonyl (C=O) groups is 3. The molecule has 38 heavy (non-hydrogen) atoms. The lowest BCUT2D eigenvalue weighted by Gasteiger charge is -2.70. The molecule has 5 aliphatic rings. The maximum Gasteiger partial charge on any atom is 0.309 e. The summed E-state index contributed by atoms with van der Waals surface area (Å²) in [7, 11) is 0. The lowest BCUT2D eigenvalue weighted by atomic mass is 9.33. The van der Waals surface area contributed by atoms with Crippen molar-refractivity contribution >= 4 is 35.1 Å². The van der Waals surface area contributed by atoms with Crippen LogP contribution < -0.4 is 0 Å². The SMILES string of the molecule is CC(=O)O[C@H]1CC[C@]2(C)[C@H]3C(=O)C=C4[C@@H]5C[C@@](C)(C(=O)O)CC[C@]5(C)CC[C@@]4(C)[C@]3(C)CC[C@H]2C1(C)C.[AlH3]. The molecule has 5 aliphatic carbocycles. The quantitative estimate of drug-likeness (QED) is 0.352. The topological polar surface area (TPSA) is 80.7 Å². The molecule has 0 aliphatic heterocycles. The fourth-order valence-corrected chi connectivity index (χ4v) is 10.8. The molecular formula is C32H51AlO5. The van der Waals surface area contributed by atoms with Gasteiger partial charge in [-0.2, -0.15) is 0 Å². The zero-order valence-corrected chi connectivity index (χ0v) is 24.3. The van der Waals surface area contributed by atoms with E-state index >= 15 is 0 Å². The minimum atomic E-state index is -0.729. The summed E-state index contributed by atoms with van der Waals surface area (Å²) in [6.07, 6.45) is 10.0. The van der Waals surface area contributed by atoms with Crippen molar-refractivity contribution in [3.05, 3.63) is 11.6 Å². The van der Waals surface area contributed by atoms with Crippen LogP contribution in [0.1, 0.15) is 113 Å². The molecule has 9 atom stereocenters. The summed E-state index contributed by atoms with van der Waals surface area (Å²) >= 11 is 0. The van der Waals surface area contributed by atoms with E-state index in [1.54, 1.807) is 0 Å². The van der Waals surface area contributed by atoms with E-state index in [1.165, 1.54) is 12.5 Å². The van der Waals surface area contributed by atoms with Gasteiger partial charge in [0.1, 0.15) is 6.10 Å². The highest BCUT2D eigenvalue weighted by Crippen LogP contribution is 2.75. The predicted molar refractivity (Wildman–Crippen MR) is 153 cm³/mol. The molecule has 4 saturated carbocycles. The summed E-state index contributed by atoms with van der Waals surface area (Å²) in [5.41, 5.74) is -0.0327. The van der Waals surface area contributed by atoms with Crippen LogP contribution in [0, 0.1) is 50.2 Å². The second kappa shape index (κ2) is 8.94.